The van der Waals surface area contributed by atoms with Crippen molar-refractivity contribution in [1.82, 2.24) is 0 Å². The topological polar surface area (TPSA) is 65.0 Å². The molecule has 0 aromatic heterocycles. The first-order valence-corrected chi connectivity index (χ1v) is 7.82. The fourth-order valence-electron chi connectivity index (χ4n) is 2.86. The van der Waals surface area contributed by atoms with Gasteiger partial charge in [-0.25, -0.2) is 4.79 Å². The third-order valence-corrected chi connectivity index (χ3v) is 4.05. The highest BCUT2D eigenvalue weighted by molar-refractivity contribution is 5.98. The number of cyclic esters (lactones) is 1. The number of phenolic OH excluding ortho intramolecular Hbond substituents is 1. The van der Waals surface area contributed by atoms with E-state index in [1.807, 2.05) is 0 Å². The maximum atomic E-state index is 12.0. The molecular formula is C17H24O5. The molecule has 1 N–H and O–H groups in total. The van der Waals surface area contributed by atoms with E-state index in [4.69, 9.17) is 14.2 Å². The number of unbranched alkanes of at least 4 members (excludes halogenated alkanes) is 4. The Bertz CT molecular complexity index is 538. The molecule has 0 aliphatic carbocycles. The van der Waals surface area contributed by atoms with Crippen LogP contribution in [-0.4, -0.2) is 25.3 Å². The van der Waals surface area contributed by atoms with Gasteiger partial charge in [-0.1, -0.05) is 32.6 Å². The van der Waals surface area contributed by atoms with E-state index in [-0.39, 0.29) is 23.2 Å². The lowest BCUT2D eigenvalue weighted by molar-refractivity contribution is 0.0361. The van der Waals surface area contributed by atoms with Crippen LogP contribution in [0.25, 0.3) is 0 Å². The smallest absolute Gasteiger partial charge is 0.343 e. The third-order valence-electron chi connectivity index (χ3n) is 4.05. The zero-order valence-corrected chi connectivity index (χ0v) is 13.5. The first-order valence-electron chi connectivity index (χ1n) is 7.82. The molecule has 22 heavy (non-hydrogen) atoms. The summed E-state index contributed by atoms with van der Waals surface area (Å²) in [5.74, 6) is -0.114. The van der Waals surface area contributed by atoms with Gasteiger partial charge in [0.15, 0.2) is 11.5 Å². The van der Waals surface area contributed by atoms with Gasteiger partial charge in [0.05, 0.1) is 14.2 Å². The van der Waals surface area contributed by atoms with E-state index in [2.05, 4.69) is 6.92 Å². The van der Waals surface area contributed by atoms with Crippen molar-refractivity contribution in [3.05, 3.63) is 17.2 Å². The number of esters is 1. The third kappa shape index (κ3) is 3.13. The number of fused-ring (bicyclic) bond motifs is 1. The molecule has 2 rings (SSSR count). The van der Waals surface area contributed by atoms with E-state index >= 15 is 0 Å². The Balaban J connectivity index is 2.17. The number of aromatic hydroxyl groups is 1. The molecule has 0 amide bonds. The highest BCUT2D eigenvalue weighted by atomic mass is 16.6. The Morgan fingerprint density at radius 2 is 1.91 bits per heavy atom. The summed E-state index contributed by atoms with van der Waals surface area (Å²) in [5, 5.41) is 10.2. The second-order valence-corrected chi connectivity index (χ2v) is 5.52. The van der Waals surface area contributed by atoms with Gasteiger partial charge in [-0.3, -0.25) is 0 Å². The van der Waals surface area contributed by atoms with E-state index in [0.29, 0.717) is 11.3 Å². The van der Waals surface area contributed by atoms with Crippen LogP contribution in [0.3, 0.4) is 0 Å². The highest BCUT2D eigenvalue weighted by Gasteiger charge is 2.36. The summed E-state index contributed by atoms with van der Waals surface area (Å²) >= 11 is 0. The van der Waals surface area contributed by atoms with E-state index in [1.54, 1.807) is 6.07 Å². The molecule has 0 bridgehead atoms. The molecule has 5 nitrogen and oxygen atoms in total. The summed E-state index contributed by atoms with van der Waals surface area (Å²) in [6.07, 6.45) is 6.19. The van der Waals surface area contributed by atoms with E-state index in [9.17, 15) is 9.90 Å². The fraction of sp³-hybridized carbons (Fsp3) is 0.588. The van der Waals surface area contributed by atoms with Crippen LogP contribution in [0.5, 0.6) is 17.2 Å². The van der Waals surface area contributed by atoms with Gasteiger partial charge in [-0.15, -0.1) is 0 Å². The number of ether oxygens (including phenoxy) is 3. The minimum Gasteiger partial charge on any atom is -0.504 e. The van der Waals surface area contributed by atoms with Crippen LogP contribution in [-0.2, 0) is 4.74 Å². The summed E-state index contributed by atoms with van der Waals surface area (Å²) < 4.78 is 15.8. The SMILES string of the molecule is CCCCCCCC1OC(=O)c2c1cc(OC)c(OC)c2O. The molecular weight excluding hydrogens is 284 g/mol. The zero-order valence-electron chi connectivity index (χ0n) is 13.5. The van der Waals surface area contributed by atoms with E-state index in [0.717, 1.165) is 19.3 Å². The standard InChI is InChI=1S/C17H24O5/c1-4-5-6-7-8-9-12-11-10-13(20-2)16(21-3)15(18)14(11)17(19)22-12/h10,12,18H,4-9H2,1-3H3. The Hall–Kier alpha value is -1.91. The number of phenols is 1. The largest absolute Gasteiger partial charge is 0.504 e. The molecule has 1 aliphatic rings. The number of carbonyl (C=O) groups is 1. The zero-order chi connectivity index (χ0) is 16.1. The van der Waals surface area contributed by atoms with Crippen molar-refractivity contribution >= 4 is 5.97 Å². The lowest BCUT2D eigenvalue weighted by Gasteiger charge is -2.14. The Kier molecular flexibility index (Phi) is 5.52. The van der Waals surface area contributed by atoms with Crippen LogP contribution in [0.4, 0.5) is 0 Å². The molecule has 0 saturated heterocycles. The van der Waals surface area contributed by atoms with Crippen LogP contribution in [0.2, 0.25) is 0 Å². The number of hydrogen-bond acceptors (Lipinski definition) is 5. The average Bonchev–Trinajstić information content (AvgIpc) is 2.83. The summed E-state index contributed by atoms with van der Waals surface area (Å²) in [7, 11) is 2.93. The first-order chi connectivity index (χ1) is 10.6. The number of benzene rings is 1. The maximum absolute atomic E-state index is 12.0. The van der Waals surface area contributed by atoms with Gasteiger partial charge >= 0.3 is 5.97 Å². The minimum absolute atomic E-state index is 0.168. The average molecular weight is 308 g/mol. The van der Waals surface area contributed by atoms with Gasteiger partial charge in [-0.2, -0.15) is 0 Å². The van der Waals surface area contributed by atoms with Crippen molar-refractivity contribution in [2.75, 3.05) is 14.2 Å². The molecule has 1 atom stereocenters. The summed E-state index contributed by atoms with van der Waals surface area (Å²) in [6.45, 7) is 2.18. The van der Waals surface area contributed by atoms with Crippen LogP contribution in [0, 0.1) is 0 Å². The molecule has 1 heterocycles. The summed E-state index contributed by atoms with van der Waals surface area (Å²) in [6, 6.07) is 1.73. The lowest BCUT2D eigenvalue weighted by atomic mass is 9.98. The highest BCUT2D eigenvalue weighted by Crippen LogP contribution is 2.48. The van der Waals surface area contributed by atoms with Crippen molar-refractivity contribution in [3.8, 4) is 17.2 Å². The van der Waals surface area contributed by atoms with Crippen molar-refractivity contribution in [2.45, 2.75) is 51.6 Å². The number of hydrogen-bond donors (Lipinski definition) is 1. The molecule has 1 aromatic rings. The van der Waals surface area contributed by atoms with Crippen LogP contribution in [0.1, 0.15) is 67.5 Å². The van der Waals surface area contributed by atoms with E-state index in [1.165, 1.54) is 33.5 Å². The van der Waals surface area contributed by atoms with Crippen LogP contribution >= 0.6 is 0 Å². The molecule has 1 aromatic carbocycles. The lowest BCUT2D eigenvalue weighted by Crippen LogP contribution is -1.99. The van der Waals surface area contributed by atoms with E-state index < -0.39 is 5.97 Å². The van der Waals surface area contributed by atoms with Crippen LogP contribution in [0.15, 0.2) is 6.07 Å². The van der Waals surface area contributed by atoms with Crippen LogP contribution < -0.4 is 9.47 Å². The van der Waals surface area contributed by atoms with Gasteiger partial charge in [0, 0.05) is 5.56 Å². The molecule has 0 fully saturated rings. The monoisotopic (exact) mass is 308 g/mol. The van der Waals surface area contributed by atoms with Crippen molar-refractivity contribution in [2.24, 2.45) is 0 Å². The number of methoxy groups -OCH3 is 2. The van der Waals surface area contributed by atoms with Gasteiger partial charge < -0.3 is 19.3 Å². The second-order valence-electron chi connectivity index (χ2n) is 5.52. The number of rotatable bonds is 8. The predicted octanol–water partition coefficient (Wildman–Crippen LogP) is 3.98. The van der Waals surface area contributed by atoms with Gasteiger partial charge in [0.25, 0.3) is 0 Å². The Labute approximate surface area is 131 Å². The molecule has 0 spiro atoms. The summed E-state index contributed by atoms with van der Waals surface area (Å²) in [4.78, 5) is 12.0. The fourth-order valence-corrected chi connectivity index (χ4v) is 2.86. The van der Waals surface area contributed by atoms with Gasteiger partial charge in [0.2, 0.25) is 5.75 Å². The second kappa shape index (κ2) is 7.38. The quantitative estimate of drug-likeness (QED) is 0.581. The van der Waals surface area contributed by atoms with Crippen molar-refractivity contribution < 1.29 is 24.1 Å². The Morgan fingerprint density at radius 1 is 1.18 bits per heavy atom. The predicted molar refractivity (Wildman–Crippen MR) is 82.7 cm³/mol. The van der Waals surface area contributed by atoms with Crippen molar-refractivity contribution in [1.29, 1.82) is 0 Å². The molecule has 5 heteroatoms. The first kappa shape index (κ1) is 16.5. The van der Waals surface area contributed by atoms with Gasteiger partial charge in [-0.05, 0) is 18.9 Å². The normalized spacial score (nSPS) is 16.3. The minimum atomic E-state index is -0.494. The van der Waals surface area contributed by atoms with Gasteiger partial charge in [0.1, 0.15) is 11.7 Å². The molecule has 1 aliphatic heterocycles. The molecule has 0 radical (unpaired) electrons. The maximum Gasteiger partial charge on any atom is 0.343 e. The summed E-state index contributed by atoms with van der Waals surface area (Å²) in [5.41, 5.74) is 0.895. The molecule has 1 unspecified atom stereocenters. The molecule has 122 valence electrons. The number of carbonyl (C=O) groups excluding carboxylic acids is 1. The Morgan fingerprint density at radius 3 is 2.55 bits per heavy atom. The van der Waals surface area contributed by atoms with Crippen molar-refractivity contribution in [3.63, 3.8) is 0 Å². The molecule has 0 saturated carbocycles.